The number of alkyl halides is 3. The molecule has 5 nitrogen and oxygen atoms in total. The van der Waals surface area contributed by atoms with Crippen LogP contribution in [0.4, 0.5) is 18.0 Å². The number of carbonyl (C=O) groups is 1. The van der Waals surface area contributed by atoms with E-state index in [1.165, 1.54) is 12.1 Å². The Bertz CT molecular complexity index is 582. The fraction of sp³-hybridized carbons (Fsp3) is 0.588. The van der Waals surface area contributed by atoms with Crippen LogP contribution >= 0.6 is 0 Å². The van der Waals surface area contributed by atoms with Crippen LogP contribution < -0.4 is 10.1 Å². The van der Waals surface area contributed by atoms with Crippen molar-refractivity contribution < 1.29 is 27.4 Å². The summed E-state index contributed by atoms with van der Waals surface area (Å²) in [6.45, 7) is 7.22. The Labute approximate surface area is 145 Å². The van der Waals surface area contributed by atoms with Gasteiger partial charge in [0.25, 0.3) is 0 Å². The number of amides is 1. The number of halogens is 3. The number of hydrogen-bond donors (Lipinski definition) is 1. The van der Waals surface area contributed by atoms with Crippen molar-refractivity contribution >= 4 is 6.09 Å². The minimum absolute atomic E-state index is 0.127. The van der Waals surface area contributed by atoms with Gasteiger partial charge in [-0.3, -0.25) is 0 Å². The monoisotopic (exact) mass is 360 g/mol. The lowest BCUT2D eigenvalue weighted by Gasteiger charge is -2.37. The van der Waals surface area contributed by atoms with Crippen molar-refractivity contribution in [1.29, 1.82) is 0 Å². The maximum absolute atomic E-state index is 12.4. The van der Waals surface area contributed by atoms with E-state index in [1.54, 1.807) is 17.0 Å². The molecule has 25 heavy (non-hydrogen) atoms. The molecule has 1 aromatic rings. The number of ether oxygens (including phenoxy) is 2. The standard InChI is InChI=1S/C17H23F3N2O3/c1-16(2,3)25-15(23)22-9-8-21-11-13(22)10-12-4-6-14(7-5-12)24-17(18,19)20/h4-7,13,21H,8-11H2,1-3H3/t13-/m0/s1. The van der Waals surface area contributed by atoms with Crippen LogP contribution in [-0.2, 0) is 11.2 Å². The van der Waals surface area contributed by atoms with Crippen molar-refractivity contribution in [2.24, 2.45) is 0 Å². The molecule has 1 fully saturated rings. The highest BCUT2D eigenvalue weighted by atomic mass is 19.4. The minimum Gasteiger partial charge on any atom is -0.444 e. The highest BCUT2D eigenvalue weighted by molar-refractivity contribution is 5.68. The molecule has 8 heteroatoms. The molecule has 1 aromatic carbocycles. The molecule has 1 atom stereocenters. The fourth-order valence-electron chi connectivity index (χ4n) is 2.60. The third-order valence-electron chi connectivity index (χ3n) is 3.61. The molecular weight excluding hydrogens is 337 g/mol. The average Bonchev–Trinajstić information content (AvgIpc) is 2.46. The molecule has 1 aliphatic rings. The molecule has 0 radical (unpaired) electrons. The van der Waals surface area contributed by atoms with Crippen LogP contribution in [-0.4, -0.2) is 48.6 Å². The van der Waals surface area contributed by atoms with Gasteiger partial charge in [-0.15, -0.1) is 13.2 Å². The molecule has 0 aromatic heterocycles. The van der Waals surface area contributed by atoms with E-state index < -0.39 is 12.0 Å². The number of piperazine rings is 1. The lowest BCUT2D eigenvalue weighted by Crippen LogP contribution is -2.55. The Morgan fingerprint density at radius 1 is 1.24 bits per heavy atom. The van der Waals surface area contributed by atoms with Crippen LogP contribution in [0.5, 0.6) is 5.75 Å². The van der Waals surface area contributed by atoms with Gasteiger partial charge in [0.2, 0.25) is 0 Å². The zero-order chi connectivity index (χ0) is 18.7. The third-order valence-corrected chi connectivity index (χ3v) is 3.61. The van der Waals surface area contributed by atoms with E-state index in [0.717, 1.165) is 5.56 Å². The largest absolute Gasteiger partial charge is 0.573 e. The summed E-state index contributed by atoms with van der Waals surface area (Å²) in [5.74, 6) is -0.262. The Balaban J connectivity index is 2.02. The summed E-state index contributed by atoms with van der Waals surface area (Å²) < 4.78 is 45.9. The molecule has 1 amide bonds. The second-order valence-electron chi connectivity index (χ2n) is 6.93. The third kappa shape index (κ3) is 6.45. The van der Waals surface area contributed by atoms with Gasteiger partial charge in [-0.1, -0.05) is 12.1 Å². The molecule has 2 rings (SSSR count). The van der Waals surface area contributed by atoms with Crippen molar-refractivity contribution in [2.75, 3.05) is 19.6 Å². The van der Waals surface area contributed by atoms with Gasteiger partial charge in [0.05, 0.1) is 6.04 Å². The van der Waals surface area contributed by atoms with Crippen molar-refractivity contribution in [2.45, 2.75) is 45.2 Å². The second-order valence-corrected chi connectivity index (χ2v) is 6.93. The Hall–Kier alpha value is -1.96. The second kappa shape index (κ2) is 7.51. The van der Waals surface area contributed by atoms with Crippen molar-refractivity contribution in [3.05, 3.63) is 29.8 Å². The Morgan fingerprint density at radius 2 is 1.88 bits per heavy atom. The maximum atomic E-state index is 12.4. The van der Waals surface area contributed by atoms with Gasteiger partial charge in [-0.05, 0) is 44.9 Å². The van der Waals surface area contributed by atoms with Crippen LogP contribution in [0, 0.1) is 0 Å². The minimum atomic E-state index is -4.71. The van der Waals surface area contributed by atoms with Crippen LogP contribution in [0.2, 0.25) is 0 Å². The van der Waals surface area contributed by atoms with Crippen LogP contribution in [0.3, 0.4) is 0 Å². The van der Waals surface area contributed by atoms with Gasteiger partial charge in [-0.25, -0.2) is 4.79 Å². The Kier molecular flexibility index (Phi) is 5.82. The SMILES string of the molecule is CC(C)(C)OC(=O)N1CCNC[C@@H]1Cc1ccc(OC(F)(F)F)cc1. The molecule has 0 aliphatic carbocycles. The summed E-state index contributed by atoms with van der Waals surface area (Å²) in [4.78, 5) is 14.0. The number of nitrogens with one attached hydrogen (secondary N) is 1. The van der Waals surface area contributed by atoms with Crippen LogP contribution in [0.1, 0.15) is 26.3 Å². The first-order valence-electron chi connectivity index (χ1n) is 8.08. The quantitative estimate of drug-likeness (QED) is 0.898. The maximum Gasteiger partial charge on any atom is 0.573 e. The number of nitrogens with zero attached hydrogens (tertiary/aromatic N) is 1. The van der Waals surface area contributed by atoms with E-state index in [2.05, 4.69) is 10.1 Å². The average molecular weight is 360 g/mol. The molecule has 1 aliphatic heterocycles. The molecule has 140 valence electrons. The lowest BCUT2D eigenvalue weighted by molar-refractivity contribution is -0.274. The van der Waals surface area contributed by atoms with E-state index in [-0.39, 0.29) is 17.9 Å². The summed E-state index contributed by atoms with van der Waals surface area (Å²) in [5.41, 5.74) is 0.236. The number of hydrogen-bond acceptors (Lipinski definition) is 4. The molecule has 0 unspecified atom stereocenters. The highest BCUT2D eigenvalue weighted by Crippen LogP contribution is 2.23. The van der Waals surface area contributed by atoms with Crippen LogP contribution in [0.25, 0.3) is 0 Å². The molecule has 1 saturated heterocycles. The van der Waals surface area contributed by atoms with Gasteiger partial charge in [-0.2, -0.15) is 0 Å². The number of carbonyl (C=O) groups excluding carboxylic acids is 1. The van der Waals surface area contributed by atoms with E-state index in [4.69, 9.17) is 4.74 Å². The first kappa shape index (κ1) is 19.4. The van der Waals surface area contributed by atoms with Gasteiger partial charge in [0.15, 0.2) is 0 Å². The fourth-order valence-corrected chi connectivity index (χ4v) is 2.60. The summed E-state index contributed by atoms with van der Waals surface area (Å²) in [6, 6.07) is 5.57. The lowest BCUT2D eigenvalue weighted by atomic mass is 10.0. The smallest absolute Gasteiger partial charge is 0.444 e. The van der Waals surface area contributed by atoms with Crippen LogP contribution in [0.15, 0.2) is 24.3 Å². The topological polar surface area (TPSA) is 50.8 Å². The van der Waals surface area contributed by atoms with Gasteiger partial charge in [0, 0.05) is 19.6 Å². The predicted octanol–water partition coefficient (Wildman–Crippen LogP) is 3.34. The van der Waals surface area contributed by atoms with Gasteiger partial charge < -0.3 is 19.7 Å². The summed E-state index contributed by atoms with van der Waals surface area (Å²) >= 11 is 0. The zero-order valence-corrected chi connectivity index (χ0v) is 14.5. The summed E-state index contributed by atoms with van der Waals surface area (Å²) in [6.07, 6.45) is -4.57. The van der Waals surface area contributed by atoms with E-state index in [1.807, 2.05) is 20.8 Å². The highest BCUT2D eigenvalue weighted by Gasteiger charge is 2.32. The van der Waals surface area contributed by atoms with Crippen molar-refractivity contribution in [1.82, 2.24) is 10.2 Å². The Morgan fingerprint density at radius 3 is 2.44 bits per heavy atom. The summed E-state index contributed by atoms with van der Waals surface area (Å²) in [7, 11) is 0. The molecule has 1 heterocycles. The van der Waals surface area contributed by atoms with Crippen molar-refractivity contribution in [3.63, 3.8) is 0 Å². The predicted molar refractivity (Wildman–Crippen MR) is 86.4 cm³/mol. The molecular formula is C17H23F3N2O3. The molecule has 0 spiro atoms. The first-order chi connectivity index (χ1) is 11.5. The molecule has 0 saturated carbocycles. The van der Waals surface area contributed by atoms with Gasteiger partial charge in [0.1, 0.15) is 11.4 Å². The zero-order valence-electron chi connectivity index (χ0n) is 14.5. The van der Waals surface area contributed by atoms with Gasteiger partial charge >= 0.3 is 12.5 Å². The van der Waals surface area contributed by atoms with E-state index >= 15 is 0 Å². The number of rotatable bonds is 3. The first-order valence-corrected chi connectivity index (χ1v) is 8.08. The van der Waals surface area contributed by atoms with E-state index in [9.17, 15) is 18.0 Å². The van der Waals surface area contributed by atoms with E-state index in [0.29, 0.717) is 26.1 Å². The van der Waals surface area contributed by atoms with Crippen molar-refractivity contribution in [3.8, 4) is 5.75 Å². The number of benzene rings is 1. The summed E-state index contributed by atoms with van der Waals surface area (Å²) in [5, 5.41) is 3.22. The molecule has 1 N–H and O–H groups in total. The normalized spacial score (nSPS) is 18.8. The molecule has 0 bridgehead atoms.